The molecule has 0 heterocycles. The van der Waals surface area contributed by atoms with Crippen LogP contribution in [0.2, 0.25) is 0 Å². The number of carbonyl (C=O) groups excluding carboxylic acids is 1. The molecule has 0 saturated heterocycles. The first-order valence-electron chi connectivity index (χ1n) is 6.08. The molecule has 0 aromatic heterocycles. The second kappa shape index (κ2) is 6.00. The smallest absolute Gasteiger partial charge is 0.175 e. The molecule has 0 fully saturated rings. The highest BCUT2D eigenvalue weighted by Crippen LogP contribution is 2.33. The lowest BCUT2D eigenvalue weighted by molar-refractivity contribution is -0.128. The van der Waals surface area contributed by atoms with Crippen LogP contribution in [0.15, 0.2) is 60.7 Å². The van der Waals surface area contributed by atoms with Crippen LogP contribution in [0.1, 0.15) is 18.1 Å². The molecule has 98 valence electrons. The van der Waals surface area contributed by atoms with Gasteiger partial charge in [0.15, 0.2) is 11.9 Å². The molecule has 1 unspecified atom stereocenters. The highest BCUT2D eigenvalue weighted by atomic mass is 35.5. The first kappa shape index (κ1) is 13.8. The van der Waals surface area contributed by atoms with Crippen molar-refractivity contribution in [2.24, 2.45) is 0 Å². The summed E-state index contributed by atoms with van der Waals surface area (Å²) in [6, 6.07) is 18.7. The van der Waals surface area contributed by atoms with Gasteiger partial charge < -0.3 is 4.74 Å². The number of hydrogen-bond donors (Lipinski definition) is 0. The van der Waals surface area contributed by atoms with Gasteiger partial charge in [-0.1, -0.05) is 72.3 Å². The van der Waals surface area contributed by atoms with Crippen molar-refractivity contribution in [2.45, 2.75) is 18.1 Å². The lowest BCUT2D eigenvalue weighted by atomic mass is 9.87. The summed E-state index contributed by atoms with van der Waals surface area (Å²) < 4.78 is 5.76. The van der Waals surface area contributed by atoms with E-state index in [0.29, 0.717) is 0 Å². The summed E-state index contributed by atoms with van der Waals surface area (Å²) in [5.74, 6) is 0. The molecule has 2 aromatic rings. The molecule has 19 heavy (non-hydrogen) atoms. The summed E-state index contributed by atoms with van der Waals surface area (Å²) in [5.41, 5.74) is -0.207. The zero-order valence-electron chi connectivity index (χ0n) is 10.6. The number of hydrogen-bond acceptors (Lipinski definition) is 2. The second-order valence-electron chi connectivity index (χ2n) is 4.25. The van der Waals surface area contributed by atoms with Crippen molar-refractivity contribution < 1.29 is 9.53 Å². The van der Waals surface area contributed by atoms with Gasteiger partial charge in [-0.2, -0.15) is 0 Å². The zero-order chi connectivity index (χ0) is 13.7. The van der Waals surface area contributed by atoms with E-state index < -0.39 is 11.2 Å². The van der Waals surface area contributed by atoms with E-state index in [0.717, 1.165) is 17.4 Å². The number of halogens is 1. The number of aldehydes is 1. The quantitative estimate of drug-likeness (QED) is 0.613. The highest BCUT2D eigenvalue weighted by molar-refractivity contribution is 6.19. The van der Waals surface area contributed by atoms with Crippen LogP contribution in [-0.4, -0.2) is 11.8 Å². The van der Waals surface area contributed by atoms with Crippen molar-refractivity contribution in [3.8, 4) is 0 Å². The Hall–Kier alpha value is -1.64. The standard InChI is InChI=1S/C16H15ClO2/c1-13(17)19-16(12-18,14-8-4-2-5-9-14)15-10-6-3-7-11-15/h2-13H,1H3. The lowest BCUT2D eigenvalue weighted by Crippen LogP contribution is -2.35. The number of alkyl halides is 1. The third kappa shape index (κ3) is 2.86. The summed E-state index contributed by atoms with van der Waals surface area (Å²) in [7, 11) is 0. The topological polar surface area (TPSA) is 26.3 Å². The normalized spacial score (nSPS) is 12.9. The van der Waals surface area contributed by atoms with Gasteiger partial charge >= 0.3 is 0 Å². The zero-order valence-corrected chi connectivity index (χ0v) is 11.4. The molecule has 0 spiro atoms. The van der Waals surface area contributed by atoms with Crippen LogP contribution in [0.25, 0.3) is 0 Å². The van der Waals surface area contributed by atoms with E-state index in [-0.39, 0.29) is 0 Å². The summed E-state index contributed by atoms with van der Waals surface area (Å²) in [4.78, 5) is 11.8. The molecule has 0 aliphatic rings. The van der Waals surface area contributed by atoms with Crippen molar-refractivity contribution in [1.29, 1.82) is 0 Å². The maximum atomic E-state index is 11.8. The van der Waals surface area contributed by atoms with Crippen LogP contribution in [-0.2, 0) is 15.1 Å². The van der Waals surface area contributed by atoms with Gasteiger partial charge in [-0.05, 0) is 18.1 Å². The molecule has 0 bridgehead atoms. The third-order valence-corrected chi connectivity index (χ3v) is 3.01. The number of carbonyl (C=O) groups is 1. The Balaban J connectivity index is 2.58. The van der Waals surface area contributed by atoms with Gasteiger partial charge in [0.25, 0.3) is 0 Å². The Labute approximate surface area is 118 Å². The molecule has 0 amide bonds. The molecule has 0 aliphatic carbocycles. The SMILES string of the molecule is CC(Cl)OC(C=O)(c1ccccc1)c1ccccc1. The van der Waals surface area contributed by atoms with Crippen LogP contribution >= 0.6 is 11.6 Å². The van der Waals surface area contributed by atoms with E-state index in [1.165, 1.54) is 0 Å². The predicted octanol–water partition coefficient (Wildman–Crippen LogP) is 3.73. The monoisotopic (exact) mass is 274 g/mol. The van der Waals surface area contributed by atoms with Gasteiger partial charge in [0.05, 0.1) is 0 Å². The molecule has 0 radical (unpaired) electrons. The van der Waals surface area contributed by atoms with Crippen LogP contribution in [0.3, 0.4) is 0 Å². The van der Waals surface area contributed by atoms with Crippen LogP contribution in [0, 0.1) is 0 Å². The highest BCUT2D eigenvalue weighted by Gasteiger charge is 2.36. The van der Waals surface area contributed by atoms with Crippen LogP contribution < -0.4 is 0 Å². The summed E-state index contributed by atoms with van der Waals surface area (Å²) in [6.45, 7) is 1.70. The summed E-state index contributed by atoms with van der Waals surface area (Å²) in [5, 5.41) is 0. The van der Waals surface area contributed by atoms with E-state index in [1.807, 2.05) is 60.7 Å². The third-order valence-electron chi connectivity index (χ3n) is 2.92. The van der Waals surface area contributed by atoms with Gasteiger partial charge in [0.2, 0.25) is 0 Å². The van der Waals surface area contributed by atoms with Crippen molar-refractivity contribution in [2.75, 3.05) is 0 Å². The van der Waals surface area contributed by atoms with Crippen molar-refractivity contribution in [3.63, 3.8) is 0 Å². The molecule has 3 heteroatoms. The van der Waals surface area contributed by atoms with Gasteiger partial charge in [-0.25, -0.2) is 0 Å². The molecule has 0 aliphatic heterocycles. The van der Waals surface area contributed by atoms with Crippen LogP contribution in [0.4, 0.5) is 0 Å². The Morgan fingerprint density at radius 2 is 1.42 bits per heavy atom. The Morgan fingerprint density at radius 1 is 1.00 bits per heavy atom. The van der Waals surface area contributed by atoms with E-state index >= 15 is 0 Å². The first-order valence-corrected chi connectivity index (χ1v) is 6.52. The number of benzene rings is 2. The van der Waals surface area contributed by atoms with Crippen molar-refractivity contribution in [1.82, 2.24) is 0 Å². The van der Waals surface area contributed by atoms with Gasteiger partial charge in [-0.15, -0.1) is 0 Å². The number of rotatable bonds is 5. The fourth-order valence-electron chi connectivity index (χ4n) is 2.09. The lowest BCUT2D eigenvalue weighted by Gasteiger charge is -2.30. The van der Waals surface area contributed by atoms with E-state index in [1.54, 1.807) is 6.92 Å². The minimum Gasteiger partial charge on any atom is -0.339 e. The molecule has 2 nitrogen and oxygen atoms in total. The average Bonchev–Trinajstić information content (AvgIpc) is 2.46. The van der Waals surface area contributed by atoms with Crippen molar-refractivity contribution >= 4 is 17.9 Å². The van der Waals surface area contributed by atoms with Gasteiger partial charge in [-0.3, -0.25) is 4.79 Å². The molecule has 0 N–H and O–H groups in total. The van der Waals surface area contributed by atoms with E-state index in [2.05, 4.69) is 0 Å². The first-order chi connectivity index (χ1) is 9.19. The summed E-state index contributed by atoms with van der Waals surface area (Å²) in [6.07, 6.45) is 0.802. The van der Waals surface area contributed by atoms with Gasteiger partial charge in [0, 0.05) is 0 Å². The molecule has 2 rings (SSSR count). The predicted molar refractivity (Wildman–Crippen MR) is 76.1 cm³/mol. The maximum absolute atomic E-state index is 11.8. The molecular formula is C16H15ClO2. The van der Waals surface area contributed by atoms with Gasteiger partial charge in [0.1, 0.15) is 5.56 Å². The van der Waals surface area contributed by atoms with Crippen molar-refractivity contribution in [3.05, 3.63) is 71.8 Å². The number of ether oxygens (including phenoxy) is 1. The molecule has 0 saturated carbocycles. The fourth-order valence-corrected chi connectivity index (χ4v) is 2.23. The Kier molecular flexibility index (Phi) is 4.35. The largest absolute Gasteiger partial charge is 0.339 e. The molecular weight excluding hydrogens is 260 g/mol. The van der Waals surface area contributed by atoms with E-state index in [4.69, 9.17) is 16.3 Å². The molecule has 2 aromatic carbocycles. The minimum atomic E-state index is -1.16. The van der Waals surface area contributed by atoms with Crippen LogP contribution in [0.5, 0.6) is 0 Å². The maximum Gasteiger partial charge on any atom is 0.175 e. The fraction of sp³-hybridized carbons (Fsp3) is 0.188. The summed E-state index contributed by atoms with van der Waals surface area (Å²) >= 11 is 5.96. The minimum absolute atomic E-state index is 0.578. The Morgan fingerprint density at radius 3 is 1.74 bits per heavy atom. The van der Waals surface area contributed by atoms with E-state index in [9.17, 15) is 4.79 Å². The Bertz CT molecular complexity index is 483. The average molecular weight is 275 g/mol. The second-order valence-corrected chi connectivity index (χ2v) is 4.86. The molecule has 1 atom stereocenters.